The van der Waals surface area contributed by atoms with Crippen LogP contribution in [0.15, 0.2) is 53.5 Å². The van der Waals surface area contributed by atoms with Crippen LogP contribution in [0.3, 0.4) is 0 Å². The van der Waals surface area contributed by atoms with Crippen molar-refractivity contribution in [2.75, 3.05) is 7.05 Å². The molecule has 5 rings (SSSR count). The summed E-state index contributed by atoms with van der Waals surface area (Å²) in [6.45, 7) is 2.11. The average Bonchev–Trinajstić information content (AvgIpc) is 3.03. The number of fused-ring (bicyclic) bond motifs is 7. The monoisotopic (exact) mass is 315 g/mol. The van der Waals surface area contributed by atoms with Crippen LogP contribution in [0.1, 0.15) is 23.6 Å². The fourth-order valence-electron chi connectivity index (χ4n) is 3.91. The standard InChI is InChI=1S/C20H17N3O/c1-12-7-8-16-13(9-12)10-18-14-11-19(24)22(2)20(14)21-15-5-3-4-6-17(15)23(16)18/h3-10,14H,11H2,1-2H3. The highest BCUT2D eigenvalue weighted by Gasteiger charge is 2.39. The fourth-order valence-corrected chi connectivity index (χ4v) is 3.91. The number of carbonyl (C=O) groups excluding carboxylic acids is 1. The Balaban J connectivity index is 1.91. The van der Waals surface area contributed by atoms with Gasteiger partial charge in [-0.3, -0.25) is 4.79 Å². The molecule has 0 saturated carbocycles. The number of amidine groups is 1. The maximum atomic E-state index is 12.3. The third-order valence-electron chi connectivity index (χ3n) is 5.11. The van der Waals surface area contributed by atoms with E-state index in [1.807, 2.05) is 25.2 Å². The molecule has 0 bridgehead atoms. The lowest BCUT2D eigenvalue weighted by atomic mass is 10.0. The Morgan fingerprint density at radius 1 is 1.12 bits per heavy atom. The molecule has 2 aromatic carbocycles. The lowest BCUT2D eigenvalue weighted by Crippen LogP contribution is -2.25. The summed E-state index contributed by atoms with van der Waals surface area (Å²) in [5.41, 5.74) is 5.55. The SMILES string of the molecule is Cc1ccc2c(c1)cc1n2-c2ccccc2N=C2C1CC(=O)N2C. The van der Waals surface area contributed by atoms with Crippen LogP contribution in [0.4, 0.5) is 5.69 Å². The van der Waals surface area contributed by atoms with Crippen molar-refractivity contribution in [3.63, 3.8) is 0 Å². The third-order valence-corrected chi connectivity index (χ3v) is 5.11. The van der Waals surface area contributed by atoms with E-state index in [1.54, 1.807) is 4.90 Å². The zero-order chi connectivity index (χ0) is 16.4. The fraction of sp³-hybridized carbons (Fsp3) is 0.200. The molecule has 0 radical (unpaired) electrons. The first kappa shape index (κ1) is 13.5. The highest BCUT2D eigenvalue weighted by atomic mass is 16.2. The molecule has 0 aliphatic carbocycles. The topological polar surface area (TPSA) is 37.6 Å². The van der Waals surface area contributed by atoms with E-state index in [0.29, 0.717) is 6.42 Å². The normalized spacial score (nSPS) is 18.9. The van der Waals surface area contributed by atoms with E-state index in [0.717, 1.165) is 22.9 Å². The van der Waals surface area contributed by atoms with Gasteiger partial charge in [0.25, 0.3) is 0 Å². The Morgan fingerprint density at radius 2 is 1.96 bits per heavy atom. The summed E-state index contributed by atoms with van der Waals surface area (Å²) in [4.78, 5) is 18.8. The van der Waals surface area contributed by atoms with Crippen LogP contribution in [-0.4, -0.2) is 28.3 Å². The minimum absolute atomic E-state index is 0.0163. The molecule has 1 atom stereocenters. The van der Waals surface area contributed by atoms with Crippen LogP contribution in [0.5, 0.6) is 0 Å². The first-order valence-electron chi connectivity index (χ1n) is 8.20. The Hall–Kier alpha value is -2.88. The molecule has 1 saturated heterocycles. The lowest BCUT2D eigenvalue weighted by Gasteiger charge is -2.13. The van der Waals surface area contributed by atoms with E-state index in [-0.39, 0.29) is 11.8 Å². The number of carbonyl (C=O) groups is 1. The van der Waals surface area contributed by atoms with Gasteiger partial charge in [-0.2, -0.15) is 0 Å². The van der Waals surface area contributed by atoms with Crippen LogP contribution in [0, 0.1) is 6.92 Å². The summed E-state index contributed by atoms with van der Waals surface area (Å²) < 4.78 is 2.28. The van der Waals surface area contributed by atoms with Gasteiger partial charge in [-0.25, -0.2) is 4.99 Å². The summed E-state index contributed by atoms with van der Waals surface area (Å²) in [5, 5.41) is 1.21. The van der Waals surface area contributed by atoms with Crippen LogP contribution >= 0.6 is 0 Å². The van der Waals surface area contributed by atoms with E-state index in [9.17, 15) is 4.79 Å². The number of aliphatic imine (C=N–C) groups is 1. The molecule has 1 fully saturated rings. The first-order chi connectivity index (χ1) is 11.6. The molecule has 1 unspecified atom stereocenters. The number of aromatic nitrogens is 1. The van der Waals surface area contributed by atoms with Gasteiger partial charge in [-0.15, -0.1) is 0 Å². The number of benzene rings is 2. The van der Waals surface area contributed by atoms with E-state index >= 15 is 0 Å². The molecular weight excluding hydrogens is 298 g/mol. The number of amides is 1. The minimum atomic E-state index is 0.0163. The summed E-state index contributed by atoms with van der Waals surface area (Å²) >= 11 is 0. The van der Waals surface area contributed by atoms with Gasteiger partial charge in [0.15, 0.2) is 0 Å². The number of nitrogens with zero attached hydrogens (tertiary/aromatic N) is 3. The van der Waals surface area contributed by atoms with Gasteiger partial charge in [-0.1, -0.05) is 23.8 Å². The van der Waals surface area contributed by atoms with Crippen molar-refractivity contribution in [3.8, 4) is 5.69 Å². The van der Waals surface area contributed by atoms with E-state index in [2.05, 4.69) is 41.8 Å². The van der Waals surface area contributed by atoms with Gasteiger partial charge in [0.05, 0.1) is 22.8 Å². The predicted octanol–water partition coefficient (Wildman–Crippen LogP) is 3.93. The van der Waals surface area contributed by atoms with Gasteiger partial charge in [-0.05, 0) is 37.3 Å². The highest BCUT2D eigenvalue weighted by Crippen LogP contribution is 2.41. The number of aryl methyl sites for hydroxylation is 1. The molecule has 0 N–H and O–H groups in total. The maximum Gasteiger partial charge on any atom is 0.228 e. The maximum absolute atomic E-state index is 12.3. The average molecular weight is 315 g/mol. The van der Waals surface area contributed by atoms with Crippen LogP contribution < -0.4 is 0 Å². The summed E-state index contributed by atoms with van der Waals surface area (Å²) in [6.07, 6.45) is 0.485. The van der Waals surface area contributed by atoms with Gasteiger partial charge in [0.1, 0.15) is 5.84 Å². The predicted molar refractivity (Wildman–Crippen MR) is 95.2 cm³/mol. The summed E-state index contributed by atoms with van der Waals surface area (Å²) in [5.74, 6) is 0.999. The van der Waals surface area contributed by atoms with Crippen LogP contribution in [0.25, 0.3) is 16.6 Å². The van der Waals surface area contributed by atoms with E-state index in [4.69, 9.17) is 4.99 Å². The Kier molecular flexibility index (Phi) is 2.58. The molecule has 3 aromatic rings. The van der Waals surface area contributed by atoms with Crippen molar-refractivity contribution < 1.29 is 4.79 Å². The molecule has 2 aliphatic rings. The number of likely N-dealkylation sites (tertiary alicyclic amines) is 1. The number of likely N-dealkylation sites (N-methyl/N-ethyl adjacent to an activating group) is 1. The second-order valence-electron chi connectivity index (χ2n) is 6.64. The van der Waals surface area contributed by atoms with Gasteiger partial charge < -0.3 is 9.47 Å². The number of hydrogen-bond acceptors (Lipinski definition) is 2. The van der Waals surface area contributed by atoms with Gasteiger partial charge in [0, 0.05) is 24.5 Å². The Morgan fingerprint density at radius 3 is 2.83 bits per heavy atom. The second kappa shape index (κ2) is 4.57. The molecule has 2 aliphatic heterocycles. The molecule has 1 aromatic heterocycles. The zero-order valence-corrected chi connectivity index (χ0v) is 13.7. The summed E-state index contributed by atoms with van der Waals surface area (Å²) in [7, 11) is 1.83. The Labute approximate surface area is 140 Å². The molecule has 4 nitrogen and oxygen atoms in total. The number of hydrogen-bond donors (Lipinski definition) is 0. The molecule has 24 heavy (non-hydrogen) atoms. The van der Waals surface area contributed by atoms with Crippen molar-refractivity contribution in [1.29, 1.82) is 0 Å². The third kappa shape index (κ3) is 1.68. The minimum Gasteiger partial charge on any atom is -0.311 e. The molecule has 118 valence electrons. The van der Waals surface area contributed by atoms with Gasteiger partial charge in [0.2, 0.25) is 5.91 Å². The quantitative estimate of drug-likeness (QED) is 0.619. The highest BCUT2D eigenvalue weighted by molar-refractivity contribution is 6.10. The molecule has 3 heterocycles. The zero-order valence-electron chi connectivity index (χ0n) is 13.7. The van der Waals surface area contributed by atoms with E-state index in [1.165, 1.54) is 16.5 Å². The first-order valence-corrected chi connectivity index (χ1v) is 8.20. The van der Waals surface area contributed by atoms with Crippen LogP contribution in [-0.2, 0) is 4.79 Å². The lowest BCUT2D eigenvalue weighted by molar-refractivity contribution is -0.124. The molecule has 0 spiro atoms. The van der Waals surface area contributed by atoms with Crippen molar-refractivity contribution >= 4 is 28.3 Å². The van der Waals surface area contributed by atoms with Crippen molar-refractivity contribution in [1.82, 2.24) is 9.47 Å². The number of rotatable bonds is 0. The number of para-hydroxylation sites is 2. The van der Waals surface area contributed by atoms with Crippen molar-refractivity contribution in [2.24, 2.45) is 4.99 Å². The van der Waals surface area contributed by atoms with Gasteiger partial charge >= 0.3 is 0 Å². The Bertz CT molecular complexity index is 1040. The van der Waals surface area contributed by atoms with Crippen LogP contribution in [0.2, 0.25) is 0 Å². The van der Waals surface area contributed by atoms with Crippen molar-refractivity contribution in [2.45, 2.75) is 19.3 Å². The summed E-state index contributed by atoms with van der Waals surface area (Å²) in [6, 6.07) is 16.9. The largest absolute Gasteiger partial charge is 0.311 e. The second-order valence-corrected chi connectivity index (χ2v) is 6.64. The smallest absolute Gasteiger partial charge is 0.228 e. The van der Waals surface area contributed by atoms with E-state index < -0.39 is 0 Å². The van der Waals surface area contributed by atoms with Crippen molar-refractivity contribution in [3.05, 3.63) is 59.8 Å². The molecular formula is C20H17N3O. The molecule has 1 amide bonds. The molecule has 4 heteroatoms.